The van der Waals surface area contributed by atoms with Gasteiger partial charge in [0.15, 0.2) is 12.1 Å². The molecule has 0 saturated carbocycles. The SMILES string of the molecule is Cc1ccc(C(=O)Nc2cccc([C@H]3OC(=O)N(Cc4ccc(F)cc4)[C@H]3C(=O)NCCC(C)C)c2)cc1. The molecule has 0 bridgehead atoms. The van der Waals surface area contributed by atoms with Crippen LogP contribution in [0, 0.1) is 18.7 Å². The van der Waals surface area contributed by atoms with Crippen molar-refractivity contribution in [2.45, 2.75) is 45.9 Å². The molecule has 2 atom stereocenters. The molecular weight excluding hydrogens is 485 g/mol. The molecule has 1 heterocycles. The molecule has 1 aliphatic heterocycles. The zero-order chi connectivity index (χ0) is 27.2. The number of halogens is 1. The lowest BCUT2D eigenvalue weighted by atomic mass is 9.99. The molecule has 2 N–H and O–H groups in total. The van der Waals surface area contributed by atoms with Crippen LogP contribution in [0.5, 0.6) is 0 Å². The number of cyclic esters (lactones) is 1. The number of amides is 3. The highest BCUT2D eigenvalue weighted by Gasteiger charge is 2.47. The van der Waals surface area contributed by atoms with Crippen molar-refractivity contribution >= 4 is 23.6 Å². The second-order valence-corrected chi connectivity index (χ2v) is 9.92. The fourth-order valence-electron chi connectivity index (χ4n) is 4.29. The highest BCUT2D eigenvalue weighted by atomic mass is 19.1. The van der Waals surface area contributed by atoms with E-state index in [1.54, 1.807) is 48.5 Å². The van der Waals surface area contributed by atoms with Crippen molar-refractivity contribution in [1.82, 2.24) is 10.2 Å². The molecular formula is C30H32FN3O4. The molecule has 38 heavy (non-hydrogen) atoms. The second kappa shape index (κ2) is 11.9. The smallest absolute Gasteiger partial charge is 0.411 e. The first-order valence-corrected chi connectivity index (χ1v) is 12.7. The summed E-state index contributed by atoms with van der Waals surface area (Å²) in [5.74, 6) is -0.594. The average molecular weight is 518 g/mol. The lowest BCUT2D eigenvalue weighted by Gasteiger charge is -2.24. The predicted octanol–water partition coefficient (Wildman–Crippen LogP) is 5.61. The van der Waals surface area contributed by atoms with Crippen LogP contribution in [-0.4, -0.2) is 35.4 Å². The van der Waals surface area contributed by atoms with Gasteiger partial charge in [0, 0.05) is 17.8 Å². The molecule has 0 unspecified atom stereocenters. The number of benzene rings is 3. The number of rotatable bonds is 9. The summed E-state index contributed by atoms with van der Waals surface area (Å²) in [5.41, 5.74) is 3.32. The zero-order valence-corrected chi connectivity index (χ0v) is 21.7. The maximum Gasteiger partial charge on any atom is 0.411 e. The summed E-state index contributed by atoms with van der Waals surface area (Å²) >= 11 is 0. The van der Waals surface area contributed by atoms with Crippen LogP contribution in [0.4, 0.5) is 14.9 Å². The minimum Gasteiger partial charge on any atom is -0.438 e. The minimum atomic E-state index is -0.942. The number of aryl methyl sites for hydroxylation is 1. The van der Waals surface area contributed by atoms with Gasteiger partial charge in [-0.25, -0.2) is 9.18 Å². The molecule has 3 amide bonds. The molecule has 0 aliphatic carbocycles. The number of ether oxygens (including phenoxy) is 1. The van der Waals surface area contributed by atoms with Gasteiger partial charge in [0.25, 0.3) is 5.91 Å². The fraction of sp³-hybridized carbons (Fsp3) is 0.300. The Bertz CT molecular complexity index is 1290. The summed E-state index contributed by atoms with van der Waals surface area (Å²) < 4.78 is 19.1. The molecule has 1 aliphatic rings. The Hall–Kier alpha value is -4.20. The van der Waals surface area contributed by atoms with Crippen LogP contribution in [0.25, 0.3) is 0 Å². The minimum absolute atomic E-state index is 0.0851. The van der Waals surface area contributed by atoms with Gasteiger partial charge in [0.1, 0.15) is 5.82 Å². The maximum atomic E-state index is 13.4. The molecule has 1 saturated heterocycles. The number of hydrogen-bond donors (Lipinski definition) is 2. The maximum absolute atomic E-state index is 13.4. The van der Waals surface area contributed by atoms with Gasteiger partial charge < -0.3 is 15.4 Å². The van der Waals surface area contributed by atoms with E-state index in [1.807, 2.05) is 19.1 Å². The molecule has 0 aromatic heterocycles. The first-order chi connectivity index (χ1) is 18.2. The average Bonchev–Trinajstić information content (AvgIpc) is 3.21. The number of anilines is 1. The van der Waals surface area contributed by atoms with Crippen molar-refractivity contribution < 1.29 is 23.5 Å². The monoisotopic (exact) mass is 517 g/mol. The van der Waals surface area contributed by atoms with Crippen molar-refractivity contribution in [2.24, 2.45) is 5.92 Å². The van der Waals surface area contributed by atoms with E-state index in [4.69, 9.17) is 4.74 Å². The Morgan fingerprint density at radius 3 is 2.42 bits per heavy atom. The molecule has 0 spiro atoms. The van der Waals surface area contributed by atoms with Crippen LogP contribution in [0.15, 0.2) is 72.8 Å². The van der Waals surface area contributed by atoms with E-state index in [2.05, 4.69) is 24.5 Å². The Labute approximate surface area is 222 Å². The number of hydrogen-bond acceptors (Lipinski definition) is 4. The second-order valence-electron chi connectivity index (χ2n) is 9.92. The predicted molar refractivity (Wildman–Crippen MR) is 143 cm³/mol. The molecule has 3 aromatic carbocycles. The normalized spacial score (nSPS) is 16.9. The Balaban J connectivity index is 1.58. The van der Waals surface area contributed by atoms with E-state index in [0.717, 1.165) is 12.0 Å². The largest absolute Gasteiger partial charge is 0.438 e. The number of carbonyl (C=O) groups excluding carboxylic acids is 3. The van der Waals surface area contributed by atoms with Crippen molar-refractivity contribution in [3.63, 3.8) is 0 Å². The standard InChI is InChI=1S/C30H32FN3O4/c1-19(2)15-16-32-29(36)26-27(38-30(37)34(26)18-21-9-13-24(31)14-10-21)23-5-4-6-25(17-23)33-28(35)22-11-7-20(3)8-12-22/h4-14,17,19,26-27H,15-16,18H2,1-3H3,(H,32,36)(H,33,35)/t26-,27-/m1/s1. The van der Waals surface area contributed by atoms with E-state index in [0.29, 0.717) is 34.8 Å². The van der Waals surface area contributed by atoms with Crippen LogP contribution in [0.1, 0.15) is 53.4 Å². The molecule has 7 nitrogen and oxygen atoms in total. The first-order valence-electron chi connectivity index (χ1n) is 12.7. The van der Waals surface area contributed by atoms with Crippen LogP contribution in [0.2, 0.25) is 0 Å². The number of carbonyl (C=O) groups is 3. The summed E-state index contributed by atoms with van der Waals surface area (Å²) in [6.45, 7) is 6.62. The molecule has 198 valence electrons. The van der Waals surface area contributed by atoms with E-state index < -0.39 is 18.2 Å². The molecule has 4 rings (SSSR count). The summed E-state index contributed by atoms with van der Waals surface area (Å²) in [6, 6.07) is 19.0. The Kier molecular flexibility index (Phi) is 8.41. The van der Waals surface area contributed by atoms with Gasteiger partial charge in [-0.2, -0.15) is 0 Å². The van der Waals surface area contributed by atoms with Crippen molar-refractivity contribution in [2.75, 3.05) is 11.9 Å². The van der Waals surface area contributed by atoms with E-state index in [-0.39, 0.29) is 24.2 Å². The quantitative estimate of drug-likeness (QED) is 0.386. The molecule has 3 aromatic rings. The van der Waals surface area contributed by atoms with Crippen molar-refractivity contribution in [3.8, 4) is 0 Å². The van der Waals surface area contributed by atoms with Gasteiger partial charge >= 0.3 is 6.09 Å². The van der Waals surface area contributed by atoms with Gasteiger partial charge in [-0.05, 0) is 66.8 Å². The van der Waals surface area contributed by atoms with Crippen LogP contribution >= 0.6 is 0 Å². The van der Waals surface area contributed by atoms with Crippen molar-refractivity contribution in [1.29, 1.82) is 0 Å². The first kappa shape index (κ1) is 26.9. The van der Waals surface area contributed by atoms with Gasteiger partial charge in [-0.15, -0.1) is 0 Å². The van der Waals surface area contributed by atoms with E-state index in [9.17, 15) is 18.8 Å². The Morgan fingerprint density at radius 2 is 1.74 bits per heavy atom. The van der Waals surface area contributed by atoms with Crippen LogP contribution < -0.4 is 10.6 Å². The molecule has 0 radical (unpaired) electrons. The molecule has 1 fully saturated rings. The summed E-state index contributed by atoms with van der Waals surface area (Å²) in [4.78, 5) is 40.5. The topological polar surface area (TPSA) is 87.7 Å². The lowest BCUT2D eigenvalue weighted by molar-refractivity contribution is -0.126. The fourth-order valence-corrected chi connectivity index (χ4v) is 4.29. The summed E-state index contributed by atoms with van der Waals surface area (Å²) in [7, 11) is 0. The number of nitrogens with zero attached hydrogens (tertiary/aromatic N) is 1. The van der Waals surface area contributed by atoms with Crippen molar-refractivity contribution in [3.05, 3.63) is 101 Å². The summed E-state index contributed by atoms with van der Waals surface area (Å²) in [6.07, 6.45) is -0.744. The molecule has 8 heteroatoms. The lowest BCUT2D eigenvalue weighted by Crippen LogP contribution is -2.46. The van der Waals surface area contributed by atoms with E-state index >= 15 is 0 Å². The highest BCUT2D eigenvalue weighted by Crippen LogP contribution is 2.35. The van der Waals surface area contributed by atoms with Gasteiger partial charge in [0.05, 0.1) is 6.54 Å². The van der Waals surface area contributed by atoms with Gasteiger partial charge in [-0.3, -0.25) is 14.5 Å². The van der Waals surface area contributed by atoms with Crippen LogP contribution in [0.3, 0.4) is 0 Å². The van der Waals surface area contributed by atoms with Gasteiger partial charge in [0.2, 0.25) is 5.91 Å². The summed E-state index contributed by atoms with van der Waals surface area (Å²) in [5, 5.41) is 5.80. The van der Waals surface area contributed by atoms with E-state index in [1.165, 1.54) is 17.0 Å². The Morgan fingerprint density at radius 1 is 1.03 bits per heavy atom. The third-order valence-electron chi connectivity index (χ3n) is 6.43. The van der Waals surface area contributed by atoms with Gasteiger partial charge in [-0.1, -0.05) is 55.8 Å². The number of nitrogens with one attached hydrogen (secondary N) is 2. The van der Waals surface area contributed by atoms with Crippen LogP contribution in [-0.2, 0) is 16.1 Å². The third kappa shape index (κ3) is 6.56. The zero-order valence-electron chi connectivity index (χ0n) is 21.7. The highest BCUT2D eigenvalue weighted by molar-refractivity contribution is 6.04. The third-order valence-corrected chi connectivity index (χ3v) is 6.43.